The topological polar surface area (TPSA) is 18.5 Å². The second kappa shape index (κ2) is 9.23. The molecule has 0 radical (unpaired) electrons. The maximum atomic E-state index is 5.79. The Morgan fingerprint density at radius 2 is 1.92 bits per heavy atom. The van der Waals surface area contributed by atoms with E-state index in [9.17, 15) is 0 Å². The minimum atomic E-state index is -0.811. The Morgan fingerprint density at radius 3 is 2.42 bits per heavy atom. The Balaban J connectivity index is 3.19. The number of rotatable bonds is 8. The Morgan fingerprint density at radius 1 is 1.17 bits per heavy atom. The molecule has 0 aromatic heterocycles. The maximum absolute atomic E-state index is 5.79. The summed E-state index contributed by atoms with van der Waals surface area (Å²) in [5.74, 6) is 0. The highest BCUT2D eigenvalue weighted by Crippen LogP contribution is 2.04. The van der Waals surface area contributed by atoms with Gasteiger partial charge in [0.05, 0.1) is 0 Å². The summed E-state index contributed by atoms with van der Waals surface area (Å²) in [6.07, 6.45) is 2.32. The summed E-state index contributed by atoms with van der Waals surface area (Å²) in [6.45, 7) is 6.20. The monoisotopic (exact) mass is 190 g/mol. The highest BCUT2D eigenvalue weighted by atomic mass is 28.3. The smallest absolute Gasteiger partial charge is 0.176 e. The van der Waals surface area contributed by atoms with Crippen LogP contribution in [0.3, 0.4) is 0 Å². The largest absolute Gasteiger partial charge is 0.420 e. The molecule has 0 bridgehead atoms. The molecule has 0 aliphatic carbocycles. The standard InChI is InChI=1S/C9H22O2Si/c1-4-9-12(5-2)11-8-6-7-10-3/h12H,4-9H2,1-3H3. The van der Waals surface area contributed by atoms with E-state index in [2.05, 4.69) is 13.8 Å². The van der Waals surface area contributed by atoms with Crippen LogP contribution in [0.25, 0.3) is 0 Å². The van der Waals surface area contributed by atoms with E-state index in [-0.39, 0.29) is 0 Å². The molecule has 74 valence electrons. The molecule has 0 saturated carbocycles. The molecule has 0 saturated heterocycles. The van der Waals surface area contributed by atoms with E-state index in [1.807, 2.05) is 0 Å². The summed E-state index contributed by atoms with van der Waals surface area (Å²) in [5, 5.41) is 0. The number of methoxy groups -OCH3 is 1. The lowest BCUT2D eigenvalue weighted by atomic mass is 10.5. The number of hydrogen-bond donors (Lipinski definition) is 0. The minimum absolute atomic E-state index is 0.811. The van der Waals surface area contributed by atoms with E-state index in [4.69, 9.17) is 9.16 Å². The van der Waals surface area contributed by atoms with Gasteiger partial charge in [0.1, 0.15) is 0 Å². The van der Waals surface area contributed by atoms with Crippen LogP contribution in [0.5, 0.6) is 0 Å². The molecule has 1 atom stereocenters. The number of hydrogen-bond acceptors (Lipinski definition) is 2. The van der Waals surface area contributed by atoms with Crippen molar-refractivity contribution in [2.45, 2.75) is 38.8 Å². The summed E-state index contributed by atoms with van der Waals surface area (Å²) in [7, 11) is 0.926. The normalized spacial score (nSPS) is 13.2. The molecule has 12 heavy (non-hydrogen) atoms. The fourth-order valence-electron chi connectivity index (χ4n) is 1.18. The quantitative estimate of drug-likeness (QED) is 0.431. The second-order valence-electron chi connectivity index (χ2n) is 3.04. The molecule has 0 rings (SSSR count). The summed E-state index contributed by atoms with van der Waals surface area (Å²) >= 11 is 0. The molecule has 0 aliphatic rings. The molecular formula is C9H22O2Si. The average Bonchev–Trinajstić information content (AvgIpc) is 2.10. The molecule has 0 heterocycles. The van der Waals surface area contributed by atoms with E-state index in [0.717, 1.165) is 19.6 Å². The Kier molecular flexibility index (Phi) is 9.33. The zero-order valence-electron chi connectivity index (χ0n) is 8.64. The van der Waals surface area contributed by atoms with Crippen molar-refractivity contribution in [3.05, 3.63) is 0 Å². The molecular weight excluding hydrogens is 168 g/mol. The first-order valence-corrected chi connectivity index (χ1v) is 7.06. The lowest BCUT2D eigenvalue weighted by Gasteiger charge is -2.12. The Bertz CT molecular complexity index is 88.6. The van der Waals surface area contributed by atoms with Gasteiger partial charge in [-0.15, -0.1) is 0 Å². The first-order chi connectivity index (χ1) is 5.85. The molecule has 2 nitrogen and oxygen atoms in total. The van der Waals surface area contributed by atoms with Crippen molar-refractivity contribution in [1.29, 1.82) is 0 Å². The SMILES string of the molecule is CCC[SiH](CC)OCCCOC. The second-order valence-corrected chi connectivity index (χ2v) is 6.01. The van der Waals surface area contributed by atoms with Gasteiger partial charge < -0.3 is 9.16 Å². The maximum Gasteiger partial charge on any atom is 0.176 e. The highest BCUT2D eigenvalue weighted by Gasteiger charge is 2.06. The summed E-state index contributed by atoms with van der Waals surface area (Å²) in [5.41, 5.74) is 0. The van der Waals surface area contributed by atoms with Crippen LogP contribution >= 0.6 is 0 Å². The first-order valence-electron chi connectivity index (χ1n) is 4.95. The van der Waals surface area contributed by atoms with E-state index in [0.29, 0.717) is 0 Å². The van der Waals surface area contributed by atoms with E-state index >= 15 is 0 Å². The summed E-state index contributed by atoms with van der Waals surface area (Å²) in [6, 6.07) is 2.59. The van der Waals surface area contributed by atoms with Gasteiger partial charge in [-0.05, 0) is 18.5 Å². The fraction of sp³-hybridized carbons (Fsp3) is 1.00. The minimum Gasteiger partial charge on any atom is -0.420 e. The van der Waals surface area contributed by atoms with Crippen LogP contribution in [0.4, 0.5) is 0 Å². The molecule has 0 aromatic carbocycles. The summed E-state index contributed by atoms with van der Waals surface area (Å²) < 4.78 is 10.7. The van der Waals surface area contributed by atoms with Gasteiger partial charge in [0.2, 0.25) is 0 Å². The molecule has 0 spiro atoms. The predicted octanol–water partition coefficient (Wildman–Crippen LogP) is 2.19. The van der Waals surface area contributed by atoms with Crippen LogP contribution in [0.2, 0.25) is 12.1 Å². The van der Waals surface area contributed by atoms with Crippen LogP contribution in [0.15, 0.2) is 0 Å². The van der Waals surface area contributed by atoms with Crippen molar-refractivity contribution < 1.29 is 9.16 Å². The Labute approximate surface area is 78.0 Å². The van der Waals surface area contributed by atoms with Crippen LogP contribution in [0, 0.1) is 0 Å². The Hall–Kier alpha value is 0.137. The average molecular weight is 190 g/mol. The van der Waals surface area contributed by atoms with Crippen molar-refractivity contribution >= 4 is 9.04 Å². The van der Waals surface area contributed by atoms with Gasteiger partial charge >= 0.3 is 0 Å². The van der Waals surface area contributed by atoms with Crippen molar-refractivity contribution in [2.24, 2.45) is 0 Å². The van der Waals surface area contributed by atoms with Crippen LogP contribution in [-0.4, -0.2) is 29.4 Å². The van der Waals surface area contributed by atoms with Crippen molar-refractivity contribution in [1.82, 2.24) is 0 Å². The van der Waals surface area contributed by atoms with Gasteiger partial charge in [-0.3, -0.25) is 0 Å². The van der Waals surface area contributed by atoms with Crippen molar-refractivity contribution in [3.8, 4) is 0 Å². The highest BCUT2D eigenvalue weighted by molar-refractivity contribution is 6.51. The molecule has 0 N–H and O–H groups in total. The zero-order chi connectivity index (χ0) is 9.23. The number of ether oxygens (including phenoxy) is 1. The van der Waals surface area contributed by atoms with Crippen LogP contribution < -0.4 is 0 Å². The fourth-order valence-corrected chi connectivity index (χ4v) is 3.14. The van der Waals surface area contributed by atoms with Gasteiger partial charge in [-0.25, -0.2) is 0 Å². The molecule has 0 fully saturated rings. The van der Waals surface area contributed by atoms with E-state index < -0.39 is 9.04 Å². The third-order valence-electron chi connectivity index (χ3n) is 1.91. The van der Waals surface area contributed by atoms with E-state index in [1.54, 1.807) is 7.11 Å². The lowest BCUT2D eigenvalue weighted by molar-refractivity contribution is 0.171. The molecule has 1 unspecified atom stereocenters. The van der Waals surface area contributed by atoms with E-state index in [1.165, 1.54) is 18.5 Å². The van der Waals surface area contributed by atoms with Crippen molar-refractivity contribution in [2.75, 3.05) is 20.3 Å². The third-order valence-corrected chi connectivity index (χ3v) is 4.75. The first kappa shape index (κ1) is 12.1. The lowest BCUT2D eigenvalue weighted by Crippen LogP contribution is -2.17. The zero-order valence-corrected chi connectivity index (χ0v) is 9.79. The third kappa shape index (κ3) is 6.82. The predicted molar refractivity (Wildman–Crippen MR) is 55.2 cm³/mol. The molecule has 0 aromatic rings. The van der Waals surface area contributed by atoms with Gasteiger partial charge in [0.25, 0.3) is 0 Å². The van der Waals surface area contributed by atoms with Gasteiger partial charge in [-0.1, -0.05) is 20.3 Å². The molecule has 0 aliphatic heterocycles. The van der Waals surface area contributed by atoms with Gasteiger partial charge in [0.15, 0.2) is 9.04 Å². The van der Waals surface area contributed by atoms with Crippen LogP contribution in [-0.2, 0) is 9.16 Å². The van der Waals surface area contributed by atoms with Crippen LogP contribution in [0.1, 0.15) is 26.7 Å². The molecule has 0 amide bonds. The van der Waals surface area contributed by atoms with Gasteiger partial charge in [0, 0.05) is 20.3 Å². The van der Waals surface area contributed by atoms with Gasteiger partial charge in [-0.2, -0.15) is 0 Å². The molecule has 3 heteroatoms. The van der Waals surface area contributed by atoms with Crippen molar-refractivity contribution in [3.63, 3.8) is 0 Å². The summed E-state index contributed by atoms with van der Waals surface area (Å²) in [4.78, 5) is 0.